The average Bonchev–Trinajstić information content (AvgIpc) is 3.06. The number of carbonyl (C=O) groups is 1. The molecule has 1 N–H and O–H groups in total. The van der Waals surface area contributed by atoms with Gasteiger partial charge in [0, 0.05) is 18.7 Å². The Morgan fingerprint density at radius 2 is 2.00 bits per heavy atom. The number of benzene rings is 1. The van der Waals surface area contributed by atoms with Gasteiger partial charge in [-0.2, -0.15) is 4.31 Å². The van der Waals surface area contributed by atoms with Crippen LogP contribution in [0.25, 0.3) is 6.08 Å². The molecule has 0 spiro atoms. The Balaban J connectivity index is 1.97. The minimum Gasteiger partial charge on any atom is -0.496 e. The highest BCUT2D eigenvalue weighted by Gasteiger charge is 2.14. The quantitative estimate of drug-likeness (QED) is 0.698. The fraction of sp³-hybridized carbons (Fsp3) is 0.316. The first-order valence-electron chi connectivity index (χ1n) is 8.32. The van der Waals surface area contributed by atoms with Crippen LogP contribution < -0.4 is 10.1 Å². The molecule has 146 valence electrons. The summed E-state index contributed by atoms with van der Waals surface area (Å²) in [5.41, 5.74) is 0.880. The molecule has 0 aliphatic carbocycles. The van der Waals surface area contributed by atoms with Gasteiger partial charge in [-0.3, -0.25) is 4.79 Å². The molecule has 0 aliphatic rings. The van der Waals surface area contributed by atoms with Crippen LogP contribution in [0.5, 0.6) is 5.75 Å². The molecule has 2 rings (SSSR count). The number of nitrogens with zero attached hydrogens (tertiary/aromatic N) is 1. The number of furan rings is 1. The van der Waals surface area contributed by atoms with Crippen LogP contribution in [0.1, 0.15) is 30.0 Å². The lowest BCUT2D eigenvalue weighted by Crippen LogP contribution is -2.25. The first-order valence-corrected chi connectivity index (χ1v) is 10.2. The van der Waals surface area contributed by atoms with Gasteiger partial charge in [0.2, 0.25) is 15.9 Å². The topological polar surface area (TPSA) is 88.9 Å². The molecule has 1 aromatic carbocycles. The zero-order valence-corrected chi connectivity index (χ0v) is 16.6. The second kappa shape index (κ2) is 8.88. The van der Waals surface area contributed by atoms with Crippen molar-refractivity contribution in [2.75, 3.05) is 20.4 Å². The van der Waals surface area contributed by atoms with Crippen molar-refractivity contribution in [2.24, 2.45) is 0 Å². The number of carbonyl (C=O) groups excluding carboxylic acids is 1. The van der Waals surface area contributed by atoms with Crippen LogP contribution in [0.15, 0.2) is 46.9 Å². The maximum atomic E-state index is 12.1. The minimum absolute atomic E-state index is 0.129. The van der Waals surface area contributed by atoms with Crippen molar-refractivity contribution in [1.29, 1.82) is 0 Å². The Morgan fingerprint density at radius 3 is 2.67 bits per heavy atom. The number of hydrogen-bond donors (Lipinski definition) is 1. The second-order valence-corrected chi connectivity index (χ2v) is 8.22. The summed E-state index contributed by atoms with van der Waals surface area (Å²) in [5.74, 6) is 1.39. The summed E-state index contributed by atoms with van der Waals surface area (Å²) >= 11 is 0. The highest BCUT2D eigenvalue weighted by atomic mass is 32.2. The van der Waals surface area contributed by atoms with E-state index in [9.17, 15) is 13.2 Å². The molecule has 0 saturated heterocycles. The Hall–Kier alpha value is -2.58. The van der Waals surface area contributed by atoms with Crippen molar-refractivity contribution in [3.05, 3.63) is 59.6 Å². The van der Waals surface area contributed by atoms with Gasteiger partial charge >= 0.3 is 0 Å². The molecule has 1 heterocycles. The van der Waals surface area contributed by atoms with E-state index in [1.807, 2.05) is 31.2 Å². The van der Waals surface area contributed by atoms with Crippen LogP contribution in [-0.2, 0) is 21.4 Å². The summed E-state index contributed by atoms with van der Waals surface area (Å²) in [6.07, 6.45) is 4.03. The van der Waals surface area contributed by atoms with E-state index < -0.39 is 10.0 Å². The van der Waals surface area contributed by atoms with Gasteiger partial charge in [-0.25, -0.2) is 8.42 Å². The van der Waals surface area contributed by atoms with E-state index in [-0.39, 0.29) is 18.5 Å². The summed E-state index contributed by atoms with van der Waals surface area (Å²) < 4.78 is 34.9. The number of sulfonamides is 1. The third-order valence-electron chi connectivity index (χ3n) is 3.99. The lowest BCUT2D eigenvalue weighted by molar-refractivity contribution is -0.117. The van der Waals surface area contributed by atoms with Crippen LogP contribution in [-0.4, -0.2) is 39.0 Å². The zero-order valence-electron chi connectivity index (χ0n) is 15.8. The van der Waals surface area contributed by atoms with Gasteiger partial charge in [-0.1, -0.05) is 18.2 Å². The second-order valence-electron chi connectivity index (χ2n) is 6.13. The molecule has 1 unspecified atom stereocenters. The standard InChI is InChI=1S/C19H24N2O5S/c1-14(17-7-5-6-8-18(17)25-3)20-19(22)12-11-15-9-10-16(26-15)13-21(2)27(4,23)24/h5-12,14H,13H2,1-4H3,(H,20,22)/b12-11+. The normalized spacial score (nSPS) is 13.1. The number of rotatable bonds is 8. The Kier molecular flexibility index (Phi) is 6.81. The smallest absolute Gasteiger partial charge is 0.244 e. The molecule has 7 nitrogen and oxygen atoms in total. The van der Waals surface area contributed by atoms with E-state index in [2.05, 4.69) is 5.32 Å². The van der Waals surface area contributed by atoms with Crippen molar-refractivity contribution in [3.63, 3.8) is 0 Å². The summed E-state index contributed by atoms with van der Waals surface area (Å²) in [5, 5.41) is 2.87. The molecule has 0 radical (unpaired) electrons. The first-order chi connectivity index (χ1) is 12.7. The largest absolute Gasteiger partial charge is 0.496 e. The number of para-hydroxylation sites is 1. The fourth-order valence-corrected chi connectivity index (χ4v) is 2.79. The molecular weight excluding hydrogens is 368 g/mol. The minimum atomic E-state index is -3.28. The molecule has 2 aromatic rings. The highest BCUT2D eigenvalue weighted by molar-refractivity contribution is 7.88. The molecule has 0 aliphatic heterocycles. The van der Waals surface area contributed by atoms with Crippen LogP contribution in [0.3, 0.4) is 0 Å². The van der Waals surface area contributed by atoms with Gasteiger partial charge in [-0.05, 0) is 31.2 Å². The highest BCUT2D eigenvalue weighted by Crippen LogP contribution is 2.24. The third-order valence-corrected chi connectivity index (χ3v) is 5.25. The van der Waals surface area contributed by atoms with Crippen molar-refractivity contribution in [3.8, 4) is 5.75 Å². The fourth-order valence-electron chi connectivity index (χ4n) is 2.43. The van der Waals surface area contributed by atoms with E-state index in [1.165, 1.54) is 23.5 Å². The van der Waals surface area contributed by atoms with Gasteiger partial charge in [-0.15, -0.1) is 0 Å². The van der Waals surface area contributed by atoms with Gasteiger partial charge < -0.3 is 14.5 Å². The number of methoxy groups -OCH3 is 1. The Bertz CT molecular complexity index is 918. The van der Waals surface area contributed by atoms with Crippen molar-refractivity contribution >= 4 is 22.0 Å². The third kappa shape index (κ3) is 5.97. The van der Waals surface area contributed by atoms with Crippen LogP contribution in [0.4, 0.5) is 0 Å². The number of nitrogens with one attached hydrogen (secondary N) is 1. The molecule has 0 bridgehead atoms. The molecule has 1 amide bonds. The molecule has 8 heteroatoms. The van der Waals surface area contributed by atoms with Gasteiger partial charge in [0.1, 0.15) is 17.3 Å². The Labute approximate surface area is 159 Å². The van der Waals surface area contributed by atoms with Gasteiger partial charge in [0.05, 0.1) is 26.0 Å². The molecular formula is C19H24N2O5S. The summed E-state index contributed by atoms with van der Waals surface area (Å²) in [6.45, 7) is 2.00. The molecule has 1 atom stereocenters. The maximum absolute atomic E-state index is 12.1. The van der Waals surface area contributed by atoms with E-state index in [0.29, 0.717) is 17.3 Å². The predicted octanol–water partition coefficient (Wildman–Crippen LogP) is 2.57. The maximum Gasteiger partial charge on any atom is 0.244 e. The summed E-state index contributed by atoms with van der Waals surface area (Å²) in [4.78, 5) is 12.1. The van der Waals surface area contributed by atoms with E-state index in [0.717, 1.165) is 11.8 Å². The molecule has 0 saturated carbocycles. The van der Waals surface area contributed by atoms with Crippen molar-refractivity contribution in [1.82, 2.24) is 9.62 Å². The van der Waals surface area contributed by atoms with Crippen LogP contribution in [0.2, 0.25) is 0 Å². The van der Waals surface area contributed by atoms with Gasteiger partial charge in [0.15, 0.2) is 0 Å². The summed E-state index contributed by atoms with van der Waals surface area (Å²) in [6, 6.07) is 10.6. The van der Waals surface area contributed by atoms with Crippen LogP contribution in [0, 0.1) is 0 Å². The number of amides is 1. The van der Waals surface area contributed by atoms with E-state index >= 15 is 0 Å². The van der Waals surface area contributed by atoms with Crippen molar-refractivity contribution in [2.45, 2.75) is 19.5 Å². The first kappa shape index (κ1) is 20.7. The summed E-state index contributed by atoms with van der Waals surface area (Å²) in [7, 11) is -0.224. The SMILES string of the molecule is COc1ccccc1C(C)NC(=O)/C=C/c1ccc(CN(C)S(C)(=O)=O)o1. The van der Waals surface area contributed by atoms with Crippen LogP contribution >= 0.6 is 0 Å². The average molecular weight is 392 g/mol. The number of ether oxygens (including phenoxy) is 1. The number of hydrogen-bond acceptors (Lipinski definition) is 5. The lowest BCUT2D eigenvalue weighted by Gasteiger charge is -2.16. The van der Waals surface area contributed by atoms with Crippen molar-refractivity contribution < 1.29 is 22.4 Å². The zero-order chi connectivity index (χ0) is 20.0. The van der Waals surface area contributed by atoms with Gasteiger partial charge in [0.25, 0.3) is 0 Å². The monoisotopic (exact) mass is 392 g/mol. The lowest BCUT2D eigenvalue weighted by atomic mass is 10.1. The predicted molar refractivity (Wildman–Crippen MR) is 104 cm³/mol. The van der Waals surface area contributed by atoms with E-state index in [4.69, 9.17) is 9.15 Å². The molecule has 1 aromatic heterocycles. The van der Waals surface area contributed by atoms with E-state index in [1.54, 1.807) is 19.2 Å². The molecule has 27 heavy (non-hydrogen) atoms. The molecule has 0 fully saturated rings. The Morgan fingerprint density at radius 1 is 1.30 bits per heavy atom.